The van der Waals surface area contributed by atoms with Crippen molar-refractivity contribution in [3.63, 3.8) is 0 Å². The van der Waals surface area contributed by atoms with Crippen molar-refractivity contribution in [1.29, 1.82) is 0 Å². The van der Waals surface area contributed by atoms with Gasteiger partial charge < -0.3 is 25.4 Å². The molecular weight excluding hydrogens is 350 g/mol. The molecule has 2 unspecified atom stereocenters. The van der Waals surface area contributed by atoms with Crippen LogP contribution in [0.25, 0.3) is 0 Å². The van der Waals surface area contributed by atoms with Gasteiger partial charge in [0.1, 0.15) is 12.7 Å². The number of amides is 1. The molecule has 7 heteroatoms. The quantitative estimate of drug-likeness (QED) is 0.565. The van der Waals surface area contributed by atoms with E-state index in [4.69, 9.17) is 9.84 Å². The Morgan fingerprint density at radius 3 is 2.48 bits per heavy atom. The van der Waals surface area contributed by atoms with Crippen LogP contribution in [0, 0.1) is 6.92 Å². The van der Waals surface area contributed by atoms with Crippen molar-refractivity contribution in [1.82, 2.24) is 5.32 Å². The number of alkyl carbamates (subject to hydrolysis) is 1. The van der Waals surface area contributed by atoms with Gasteiger partial charge >= 0.3 is 12.1 Å². The third-order valence-electron chi connectivity index (χ3n) is 4.13. The fraction of sp³-hybridized carbons (Fsp3) is 0.300. The molecule has 1 amide bonds. The maximum atomic E-state index is 11.7. The van der Waals surface area contributed by atoms with Crippen LogP contribution in [-0.4, -0.2) is 40.0 Å². The van der Waals surface area contributed by atoms with Crippen molar-refractivity contribution in [2.45, 2.75) is 32.2 Å². The molecule has 2 aromatic rings. The smallest absolute Gasteiger partial charge is 0.407 e. The first kappa shape index (κ1) is 20.4. The minimum atomic E-state index is -1.26. The molecule has 144 valence electrons. The van der Waals surface area contributed by atoms with Crippen molar-refractivity contribution >= 4 is 12.1 Å². The molecule has 7 nitrogen and oxygen atoms in total. The molecule has 0 aliphatic rings. The van der Waals surface area contributed by atoms with Gasteiger partial charge in [0, 0.05) is 6.54 Å². The van der Waals surface area contributed by atoms with Crippen LogP contribution >= 0.6 is 0 Å². The van der Waals surface area contributed by atoms with E-state index in [9.17, 15) is 19.8 Å². The van der Waals surface area contributed by atoms with Crippen LogP contribution < -0.4 is 5.32 Å². The first-order chi connectivity index (χ1) is 12.9. The second kappa shape index (κ2) is 9.70. The molecule has 0 aromatic heterocycles. The molecule has 2 atom stereocenters. The van der Waals surface area contributed by atoms with Crippen LogP contribution in [0.2, 0.25) is 0 Å². The van der Waals surface area contributed by atoms with E-state index in [1.54, 1.807) is 13.0 Å². The highest BCUT2D eigenvalue weighted by Gasteiger charge is 2.21. The Hall–Kier alpha value is -2.90. The van der Waals surface area contributed by atoms with Gasteiger partial charge in [-0.15, -0.1) is 0 Å². The topological polar surface area (TPSA) is 116 Å². The van der Waals surface area contributed by atoms with E-state index in [1.807, 2.05) is 30.3 Å². The minimum Gasteiger partial charge on any atom is -0.478 e. The molecular formula is C20H23NO6. The Bertz CT molecular complexity index is 777. The molecule has 0 radical (unpaired) electrons. The number of nitrogens with one attached hydrogen (secondary N) is 1. The van der Waals surface area contributed by atoms with Gasteiger partial charge in [0.25, 0.3) is 0 Å². The van der Waals surface area contributed by atoms with Crippen molar-refractivity contribution in [3.05, 3.63) is 70.8 Å². The number of carboxylic acids is 1. The average Bonchev–Trinajstić information content (AvgIpc) is 2.66. The lowest BCUT2D eigenvalue weighted by atomic mass is 9.96. The van der Waals surface area contributed by atoms with Crippen molar-refractivity contribution in [2.75, 3.05) is 6.54 Å². The number of aliphatic hydroxyl groups is 2. The zero-order chi connectivity index (χ0) is 19.8. The number of carboxylic acid groups (broad SMARTS) is 1. The molecule has 2 rings (SSSR count). The number of rotatable bonds is 8. The highest BCUT2D eigenvalue weighted by Crippen LogP contribution is 2.23. The van der Waals surface area contributed by atoms with E-state index < -0.39 is 24.3 Å². The summed E-state index contributed by atoms with van der Waals surface area (Å²) in [6, 6.07) is 13.6. The second-order valence-corrected chi connectivity index (χ2v) is 6.17. The van der Waals surface area contributed by atoms with Crippen LogP contribution in [0.4, 0.5) is 4.79 Å². The second-order valence-electron chi connectivity index (χ2n) is 6.17. The monoisotopic (exact) mass is 373 g/mol. The van der Waals surface area contributed by atoms with E-state index >= 15 is 0 Å². The maximum Gasteiger partial charge on any atom is 0.407 e. The average molecular weight is 373 g/mol. The Kier molecular flexibility index (Phi) is 7.34. The summed E-state index contributed by atoms with van der Waals surface area (Å²) < 4.78 is 5.06. The summed E-state index contributed by atoms with van der Waals surface area (Å²) >= 11 is 0. The fourth-order valence-corrected chi connectivity index (χ4v) is 2.55. The summed E-state index contributed by atoms with van der Waals surface area (Å²) in [5.41, 5.74) is 1.90. The molecule has 0 saturated carbocycles. The lowest BCUT2D eigenvalue weighted by molar-refractivity contribution is 0.0132. The third kappa shape index (κ3) is 6.09. The molecule has 0 spiro atoms. The van der Waals surface area contributed by atoms with E-state index in [0.717, 1.165) is 5.56 Å². The Labute approximate surface area is 157 Å². The number of benzene rings is 2. The standard InChI is InChI=1S/C20H23NO6/c1-13-7-8-15(19(24)25)11-16(13)18(23)17(22)9-10-21-20(26)27-12-14-5-3-2-4-6-14/h2-8,11,17-18,22-23H,9-10,12H2,1H3,(H,21,26)(H,24,25). The summed E-state index contributed by atoms with van der Waals surface area (Å²) in [7, 11) is 0. The Morgan fingerprint density at radius 1 is 1.11 bits per heavy atom. The fourth-order valence-electron chi connectivity index (χ4n) is 2.55. The van der Waals surface area contributed by atoms with Gasteiger partial charge in [-0.25, -0.2) is 9.59 Å². The Morgan fingerprint density at radius 2 is 1.81 bits per heavy atom. The number of aryl methyl sites for hydroxylation is 1. The molecule has 0 fully saturated rings. The van der Waals surface area contributed by atoms with Gasteiger partial charge in [-0.05, 0) is 42.2 Å². The molecule has 0 aliphatic carbocycles. The number of hydrogen-bond acceptors (Lipinski definition) is 5. The molecule has 0 bridgehead atoms. The maximum absolute atomic E-state index is 11.7. The minimum absolute atomic E-state index is 0.0319. The molecule has 0 heterocycles. The SMILES string of the molecule is Cc1ccc(C(=O)O)cc1C(O)C(O)CCNC(=O)OCc1ccccc1. The zero-order valence-electron chi connectivity index (χ0n) is 15.0. The normalized spacial score (nSPS) is 12.9. The lowest BCUT2D eigenvalue weighted by Crippen LogP contribution is -2.30. The number of aliphatic hydroxyl groups excluding tert-OH is 2. The molecule has 2 aromatic carbocycles. The van der Waals surface area contributed by atoms with Crippen molar-refractivity contribution < 1.29 is 29.6 Å². The van der Waals surface area contributed by atoms with Crippen molar-refractivity contribution in [3.8, 4) is 0 Å². The zero-order valence-corrected chi connectivity index (χ0v) is 15.0. The summed E-state index contributed by atoms with van der Waals surface area (Å²) in [5, 5.41) is 32.0. The summed E-state index contributed by atoms with van der Waals surface area (Å²) in [5.74, 6) is -1.11. The summed E-state index contributed by atoms with van der Waals surface area (Å²) in [6.07, 6.45) is -2.96. The largest absolute Gasteiger partial charge is 0.478 e. The first-order valence-electron chi connectivity index (χ1n) is 8.53. The van der Waals surface area contributed by atoms with Crippen LogP contribution in [-0.2, 0) is 11.3 Å². The van der Waals surface area contributed by atoms with Crippen LogP contribution in [0.15, 0.2) is 48.5 Å². The van der Waals surface area contributed by atoms with Gasteiger partial charge in [-0.3, -0.25) is 0 Å². The Balaban J connectivity index is 1.81. The number of aromatic carboxylic acids is 1. The van der Waals surface area contributed by atoms with Gasteiger partial charge in [-0.1, -0.05) is 36.4 Å². The number of carbonyl (C=O) groups excluding carboxylic acids is 1. The summed E-state index contributed by atoms with van der Waals surface area (Å²) in [6.45, 7) is 1.96. The molecule has 4 N–H and O–H groups in total. The highest BCUT2D eigenvalue weighted by molar-refractivity contribution is 5.87. The van der Waals surface area contributed by atoms with Crippen molar-refractivity contribution in [2.24, 2.45) is 0 Å². The van der Waals surface area contributed by atoms with E-state index in [1.165, 1.54) is 12.1 Å². The van der Waals surface area contributed by atoms with Gasteiger partial charge in [-0.2, -0.15) is 0 Å². The first-order valence-corrected chi connectivity index (χ1v) is 8.53. The predicted molar refractivity (Wildman–Crippen MR) is 98.4 cm³/mol. The van der Waals surface area contributed by atoms with E-state index in [-0.39, 0.29) is 25.1 Å². The molecule has 0 saturated heterocycles. The number of ether oxygens (including phenoxy) is 1. The van der Waals surface area contributed by atoms with E-state index in [0.29, 0.717) is 11.1 Å². The third-order valence-corrected chi connectivity index (χ3v) is 4.13. The van der Waals surface area contributed by atoms with Crippen LogP contribution in [0.1, 0.15) is 39.6 Å². The highest BCUT2D eigenvalue weighted by atomic mass is 16.5. The molecule has 0 aliphatic heterocycles. The van der Waals surface area contributed by atoms with Gasteiger partial charge in [0.15, 0.2) is 0 Å². The van der Waals surface area contributed by atoms with E-state index in [2.05, 4.69) is 5.32 Å². The number of hydrogen-bond donors (Lipinski definition) is 4. The lowest BCUT2D eigenvalue weighted by Gasteiger charge is -2.20. The summed E-state index contributed by atoms with van der Waals surface area (Å²) in [4.78, 5) is 22.7. The number of carbonyl (C=O) groups is 2. The van der Waals surface area contributed by atoms with Crippen LogP contribution in [0.5, 0.6) is 0 Å². The van der Waals surface area contributed by atoms with Gasteiger partial charge in [0.05, 0.1) is 11.7 Å². The van der Waals surface area contributed by atoms with Crippen LogP contribution in [0.3, 0.4) is 0 Å². The molecule has 27 heavy (non-hydrogen) atoms. The predicted octanol–water partition coefficient (Wildman–Crippen LogP) is 2.40. The van der Waals surface area contributed by atoms with Gasteiger partial charge in [0.2, 0.25) is 0 Å².